The van der Waals surface area contributed by atoms with E-state index in [1.807, 2.05) is 30.3 Å². The highest BCUT2D eigenvalue weighted by Crippen LogP contribution is 2.26. The van der Waals surface area contributed by atoms with Crippen LogP contribution in [0.2, 0.25) is 5.02 Å². The number of halogens is 2. The predicted molar refractivity (Wildman–Crippen MR) is 89.8 cm³/mol. The minimum absolute atomic E-state index is 0. The summed E-state index contributed by atoms with van der Waals surface area (Å²) in [6, 6.07) is 13.2. The van der Waals surface area contributed by atoms with Gasteiger partial charge in [-0.25, -0.2) is 0 Å². The quantitative estimate of drug-likeness (QED) is 0.678. The minimum Gasteiger partial charge on any atom is -0.309 e. The maximum Gasteiger partial charge on any atom is 0.269 e. The fourth-order valence-corrected chi connectivity index (χ4v) is 2.98. The summed E-state index contributed by atoms with van der Waals surface area (Å²) in [4.78, 5) is 10.5. The van der Waals surface area contributed by atoms with Crippen LogP contribution in [0.5, 0.6) is 0 Å². The third-order valence-electron chi connectivity index (χ3n) is 3.82. The molecule has 0 fully saturated rings. The van der Waals surface area contributed by atoms with Crippen molar-refractivity contribution in [1.82, 2.24) is 5.32 Å². The first-order chi connectivity index (χ1) is 10.1. The molecule has 0 amide bonds. The number of nitrogens with one attached hydrogen (secondary N) is 1. The summed E-state index contributed by atoms with van der Waals surface area (Å²) in [5.74, 6) is 0. The normalized spacial score (nSPS) is 16.0. The van der Waals surface area contributed by atoms with Crippen molar-refractivity contribution < 1.29 is 4.92 Å². The first kappa shape index (κ1) is 16.7. The van der Waals surface area contributed by atoms with Crippen molar-refractivity contribution in [2.45, 2.75) is 25.4 Å². The molecule has 22 heavy (non-hydrogen) atoms. The van der Waals surface area contributed by atoms with Crippen molar-refractivity contribution in [2.75, 3.05) is 0 Å². The molecule has 0 saturated heterocycles. The molecule has 1 atom stereocenters. The Labute approximate surface area is 140 Å². The van der Waals surface area contributed by atoms with E-state index < -0.39 is 0 Å². The standard InChI is InChI=1S/C16H15ClN2O2.ClH/c17-14-3-1-2-11(6-14)10-18-15-7-12-4-5-16(19(20)21)9-13(12)8-15;/h1-6,9,15,18H,7-8,10H2;1H. The van der Waals surface area contributed by atoms with Crippen molar-refractivity contribution in [2.24, 2.45) is 0 Å². The number of hydrogen-bond donors (Lipinski definition) is 1. The maximum atomic E-state index is 10.8. The van der Waals surface area contributed by atoms with Crippen molar-refractivity contribution in [3.63, 3.8) is 0 Å². The molecule has 3 rings (SSSR count). The van der Waals surface area contributed by atoms with E-state index in [1.165, 1.54) is 5.56 Å². The van der Waals surface area contributed by atoms with E-state index in [-0.39, 0.29) is 23.0 Å². The Morgan fingerprint density at radius 2 is 1.95 bits per heavy atom. The first-order valence-corrected chi connectivity index (χ1v) is 7.23. The molecule has 1 N–H and O–H groups in total. The molecule has 0 aliphatic heterocycles. The van der Waals surface area contributed by atoms with Gasteiger partial charge in [0.25, 0.3) is 5.69 Å². The van der Waals surface area contributed by atoms with Crippen molar-refractivity contribution in [3.8, 4) is 0 Å². The van der Waals surface area contributed by atoms with Crippen molar-refractivity contribution in [3.05, 3.63) is 74.3 Å². The third-order valence-corrected chi connectivity index (χ3v) is 4.05. The predicted octanol–water partition coefficient (Wildman–Crippen LogP) is 3.93. The molecule has 2 aromatic rings. The van der Waals surface area contributed by atoms with E-state index in [4.69, 9.17) is 11.6 Å². The highest BCUT2D eigenvalue weighted by Gasteiger charge is 2.23. The Morgan fingerprint density at radius 3 is 2.68 bits per heavy atom. The zero-order chi connectivity index (χ0) is 14.8. The number of hydrogen-bond acceptors (Lipinski definition) is 3. The molecule has 0 radical (unpaired) electrons. The van der Waals surface area contributed by atoms with Crippen LogP contribution in [0.1, 0.15) is 16.7 Å². The zero-order valence-electron chi connectivity index (χ0n) is 11.8. The van der Waals surface area contributed by atoms with Gasteiger partial charge in [0.05, 0.1) is 4.92 Å². The molecule has 1 unspecified atom stereocenters. The van der Waals surface area contributed by atoms with Gasteiger partial charge in [0.1, 0.15) is 0 Å². The largest absolute Gasteiger partial charge is 0.309 e. The summed E-state index contributed by atoms with van der Waals surface area (Å²) >= 11 is 5.97. The summed E-state index contributed by atoms with van der Waals surface area (Å²) in [7, 11) is 0. The lowest BCUT2D eigenvalue weighted by molar-refractivity contribution is -0.384. The molecule has 0 spiro atoms. The Hall–Kier alpha value is -1.62. The molecule has 0 bridgehead atoms. The van der Waals surface area contributed by atoms with E-state index in [0.29, 0.717) is 6.04 Å². The van der Waals surface area contributed by atoms with E-state index in [1.54, 1.807) is 12.1 Å². The molecule has 0 aromatic heterocycles. The van der Waals surface area contributed by atoms with E-state index >= 15 is 0 Å². The van der Waals surface area contributed by atoms with Crippen LogP contribution in [0.15, 0.2) is 42.5 Å². The van der Waals surface area contributed by atoms with Gasteiger partial charge in [-0.1, -0.05) is 29.8 Å². The molecule has 1 aliphatic carbocycles. The zero-order valence-corrected chi connectivity index (χ0v) is 13.4. The van der Waals surface area contributed by atoms with Gasteiger partial charge in [0.15, 0.2) is 0 Å². The fourth-order valence-electron chi connectivity index (χ4n) is 2.77. The van der Waals surface area contributed by atoms with Gasteiger partial charge >= 0.3 is 0 Å². The van der Waals surface area contributed by atoms with Gasteiger partial charge in [0, 0.05) is 29.7 Å². The molecular formula is C16H16Cl2N2O2. The Bertz CT molecular complexity index is 692. The second-order valence-electron chi connectivity index (χ2n) is 5.33. The van der Waals surface area contributed by atoms with Crippen LogP contribution >= 0.6 is 24.0 Å². The smallest absolute Gasteiger partial charge is 0.269 e. The number of benzene rings is 2. The second kappa shape index (κ2) is 7.09. The topological polar surface area (TPSA) is 55.2 Å². The van der Waals surface area contributed by atoms with Crippen LogP contribution in [0, 0.1) is 10.1 Å². The Morgan fingerprint density at radius 1 is 1.18 bits per heavy atom. The monoisotopic (exact) mass is 338 g/mol. The van der Waals surface area contributed by atoms with Crippen LogP contribution in [0.3, 0.4) is 0 Å². The molecule has 6 heteroatoms. The molecule has 0 heterocycles. The van der Waals surface area contributed by atoms with Gasteiger partial charge in [-0.3, -0.25) is 10.1 Å². The van der Waals surface area contributed by atoms with E-state index in [9.17, 15) is 10.1 Å². The lowest BCUT2D eigenvalue weighted by Gasteiger charge is -2.12. The number of non-ortho nitro benzene ring substituents is 1. The Kier molecular flexibility index (Phi) is 5.40. The van der Waals surface area contributed by atoms with Gasteiger partial charge in [0.2, 0.25) is 0 Å². The van der Waals surface area contributed by atoms with E-state index in [2.05, 4.69) is 5.32 Å². The lowest BCUT2D eigenvalue weighted by Crippen LogP contribution is -2.28. The van der Waals surface area contributed by atoms with E-state index in [0.717, 1.165) is 35.5 Å². The second-order valence-corrected chi connectivity index (χ2v) is 5.76. The fraction of sp³-hybridized carbons (Fsp3) is 0.250. The average Bonchev–Trinajstić information content (AvgIpc) is 2.87. The number of fused-ring (bicyclic) bond motifs is 1. The van der Waals surface area contributed by atoms with Gasteiger partial charge in [-0.05, 0) is 41.7 Å². The summed E-state index contributed by atoms with van der Waals surface area (Å²) in [5, 5.41) is 15.0. The SMILES string of the molecule is Cl.O=[N+]([O-])c1ccc2c(c1)CC(NCc1cccc(Cl)c1)C2. The van der Waals surface area contributed by atoms with Gasteiger partial charge in [-0.2, -0.15) is 0 Å². The highest BCUT2D eigenvalue weighted by molar-refractivity contribution is 6.30. The minimum atomic E-state index is -0.340. The summed E-state index contributed by atoms with van der Waals surface area (Å²) in [5.41, 5.74) is 3.59. The molecule has 116 valence electrons. The molecule has 1 aliphatic rings. The summed E-state index contributed by atoms with van der Waals surface area (Å²) < 4.78 is 0. The molecule has 0 saturated carbocycles. The lowest BCUT2D eigenvalue weighted by atomic mass is 10.1. The highest BCUT2D eigenvalue weighted by atomic mass is 35.5. The van der Waals surface area contributed by atoms with Gasteiger partial charge < -0.3 is 5.32 Å². The number of nitro groups is 1. The third kappa shape index (κ3) is 3.77. The van der Waals surface area contributed by atoms with Crippen LogP contribution in [-0.4, -0.2) is 11.0 Å². The molecule has 4 nitrogen and oxygen atoms in total. The Balaban J connectivity index is 0.00000176. The van der Waals surface area contributed by atoms with Crippen LogP contribution in [0.25, 0.3) is 0 Å². The van der Waals surface area contributed by atoms with Crippen LogP contribution in [0.4, 0.5) is 5.69 Å². The number of rotatable bonds is 4. The summed E-state index contributed by atoms with van der Waals surface area (Å²) in [6.45, 7) is 0.751. The first-order valence-electron chi connectivity index (χ1n) is 6.86. The number of nitrogens with zero attached hydrogens (tertiary/aromatic N) is 1. The van der Waals surface area contributed by atoms with Gasteiger partial charge in [-0.15, -0.1) is 12.4 Å². The average molecular weight is 339 g/mol. The van der Waals surface area contributed by atoms with Crippen LogP contribution in [-0.2, 0) is 19.4 Å². The number of nitro benzene ring substituents is 1. The van der Waals surface area contributed by atoms with Crippen LogP contribution < -0.4 is 5.32 Å². The molecule has 2 aromatic carbocycles. The van der Waals surface area contributed by atoms with Crippen molar-refractivity contribution in [1.29, 1.82) is 0 Å². The molecular weight excluding hydrogens is 323 g/mol. The van der Waals surface area contributed by atoms with Crippen molar-refractivity contribution >= 4 is 29.7 Å². The summed E-state index contributed by atoms with van der Waals surface area (Å²) in [6.07, 6.45) is 1.74. The maximum absolute atomic E-state index is 10.8.